The van der Waals surface area contributed by atoms with Crippen LogP contribution in [-0.2, 0) is 4.74 Å². The molecule has 92 valence electrons. The van der Waals surface area contributed by atoms with E-state index in [1.807, 2.05) is 20.0 Å². The molecule has 16 heavy (non-hydrogen) atoms. The molecule has 0 amide bonds. The van der Waals surface area contributed by atoms with E-state index in [0.29, 0.717) is 0 Å². The van der Waals surface area contributed by atoms with Crippen LogP contribution in [0.15, 0.2) is 6.20 Å². The summed E-state index contributed by atoms with van der Waals surface area (Å²) in [7, 11) is 0. The Morgan fingerprint density at radius 1 is 1.56 bits per heavy atom. The fourth-order valence-electron chi connectivity index (χ4n) is 1.34. The van der Waals surface area contributed by atoms with Crippen LogP contribution in [0.1, 0.15) is 31.7 Å². The Morgan fingerprint density at radius 2 is 2.31 bits per heavy atom. The molecular formula is C11H21N3OS. The molecule has 1 atom stereocenters. The van der Waals surface area contributed by atoms with Gasteiger partial charge in [-0.15, -0.1) is 11.3 Å². The van der Waals surface area contributed by atoms with Gasteiger partial charge in [-0.2, -0.15) is 0 Å². The molecule has 1 unspecified atom stereocenters. The third-order valence-corrected chi connectivity index (χ3v) is 3.58. The van der Waals surface area contributed by atoms with Crippen molar-refractivity contribution in [3.63, 3.8) is 0 Å². The van der Waals surface area contributed by atoms with Gasteiger partial charge in [0.15, 0.2) is 5.13 Å². The topological polar surface area (TPSA) is 51.4 Å². The van der Waals surface area contributed by atoms with Crippen molar-refractivity contribution in [3.8, 4) is 0 Å². The Labute approximate surface area is 101 Å². The van der Waals surface area contributed by atoms with Gasteiger partial charge in [-0.1, -0.05) is 0 Å². The highest BCUT2D eigenvalue weighted by molar-refractivity contribution is 7.15. The van der Waals surface area contributed by atoms with Gasteiger partial charge in [0.1, 0.15) is 0 Å². The predicted octanol–water partition coefficient (Wildman–Crippen LogP) is 2.03. The highest BCUT2D eigenvalue weighted by Crippen LogP contribution is 2.25. The van der Waals surface area contributed by atoms with Crippen molar-refractivity contribution < 1.29 is 4.74 Å². The lowest BCUT2D eigenvalue weighted by molar-refractivity contribution is 0.154. The maximum atomic E-state index is 5.82. The SMILES string of the molecule is CCOCCN(CC)c1ncc(C(C)N)s1. The second kappa shape index (κ2) is 6.83. The lowest BCUT2D eigenvalue weighted by Gasteiger charge is -2.19. The number of thiazole rings is 1. The Hall–Kier alpha value is -0.650. The lowest BCUT2D eigenvalue weighted by atomic mass is 10.3. The number of anilines is 1. The average molecular weight is 243 g/mol. The van der Waals surface area contributed by atoms with Crippen molar-refractivity contribution in [2.45, 2.75) is 26.8 Å². The molecule has 0 aliphatic carbocycles. The van der Waals surface area contributed by atoms with Gasteiger partial charge in [0.05, 0.1) is 6.61 Å². The number of hydrogen-bond donors (Lipinski definition) is 1. The van der Waals surface area contributed by atoms with Crippen LogP contribution in [0.2, 0.25) is 0 Å². The van der Waals surface area contributed by atoms with Gasteiger partial charge in [0.2, 0.25) is 0 Å². The Bertz CT molecular complexity index is 301. The van der Waals surface area contributed by atoms with E-state index in [4.69, 9.17) is 10.5 Å². The molecule has 0 spiro atoms. The Balaban J connectivity index is 2.56. The molecule has 1 aromatic rings. The molecular weight excluding hydrogens is 222 g/mol. The van der Waals surface area contributed by atoms with E-state index in [2.05, 4.69) is 16.8 Å². The van der Waals surface area contributed by atoms with E-state index >= 15 is 0 Å². The summed E-state index contributed by atoms with van der Waals surface area (Å²) in [6.07, 6.45) is 1.87. The molecule has 1 heterocycles. The van der Waals surface area contributed by atoms with Crippen molar-refractivity contribution in [1.29, 1.82) is 0 Å². The van der Waals surface area contributed by atoms with Gasteiger partial charge in [-0.25, -0.2) is 4.98 Å². The number of aromatic nitrogens is 1. The first-order chi connectivity index (χ1) is 7.69. The lowest BCUT2D eigenvalue weighted by Crippen LogP contribution is -2.26. The summed E-state index contributed by atoms with van der Waals surface area (Å²) in [6, 6.07) is 0.0665. The van der Waals surface area contributed by atoms with E-state index < -0.39 is 0 Å². The van der Waals surface area contributed by atoms with Crippen LogP contribution in [0.3, 0.4) is 0 Å². The summed E-state index contributed by atoms with van der Waals surface area (Å²) in [5.41, 5.74) is 5.82. The first-order valence-electron chi connectivity index (χ1n) is 5.73. The summed E-state index contributed by atoms with van der Waals surface area (Å²) < 4.78 is 5.35. The zero-order chi connectivity index (χ0) is 12.0. The number of likely N-dealkylation sites (N-methyl/N-ethyl adjacent to an activating group) is 1. The number of ether oxygens (including phenoxy) is 1. The van der Waals surface area contributed by atoms with E-state index in [9.17, 15) is 0 Å². The zero-order valence-electron chi connectivity index (χ0n) is 10.3. The average Bonchev–Trinajstić information content (AvgIpc) is 2.74. The fourth-order valence-corrected chi connectivity index (χ4v) is 2.30. The number of hydrogen-bond acceptors (Lipinski definition) is 5. The summed E-state index contributed by atoms with van der Waals surface area (Å²) in [5.74, 6) is 0. The molecule has 0 saturated carbocycles. The highest BCUT2D eigenvalue weighted by Gasteiger charge is 2.11. The summed E-state index contributed by atoms with van der Waals surface area (Å²) >= 11 is 1.67. The molecule has 0 bridgehead atoms. The summed E-state index contributed by atoms with van der Waals surface area (Å²) in [6.45, 7) is 9.45. The van der Waals surface area contributed by atoms with Crippen molar-refractivity contribution in [2.24, 2.45) is 5.73 Å². The Morgan fingerprint density at radius 3 is 2.81 bits per heavy atom. The molecule has 0 saturated heterocycles. The molecule has 5 heteroatoms. The van der Waals surface area contributed by atoms with Crippen molar-refractivity contribution in [1.82, 2.24) is 4.98 Å². The van der Waals surface area contributed by atoms with Crippen LogP contribution >= 0.6 is 11.3 Å². The summed E-state index contributed by atoms with van der Waals surface area (Å²) in [5, 5.41) is 1.04. The fraction of sp³-hybridized carbons (Fsp3) is 0.727. The molecule has 4 nitrogen and oxygen atoms in total. The maximum absolute atomic E-state index is 5.82. The molecule has 0 aliphatic heterocycles. The van der Waals surface area contributed by atoms with Gasteiger partial charge >= 0.3 is 0 Å². The van der Waals surface area contributed by atoms with Gasteiger partial charge in [0, 0.05) is 36.8 Å². The van der Waals surface area contributed by atoms with E-state index in [0.717, 1.165) is 36.3 Å². The molecule has 0 radical (unpaired) electrons. The second-order valence-corrected chi connectivity index (χ2v) is 4.65. The van der Waals surface area contributed by atoms with Gasteiger partial charge in [-0.05, 0) is 20.8 Å². The quantitative estimate of drug-likeness (QED) is 0.744. The molecule has 1 aromatic heterocycles. The smallest absolute Gasteiger partial charge is 0.185 e. The molecule has 0 aliphatic rings. The normalized spacial score (nSPS) is 12.8. The second-order valence-electron chi connectivity index (χ2n) is 3.61. The largest absolute Gasteiger partial charge is 0.380 e. The van der Waals surface area contributed by atoms with E-state index in [1.54, 1.807) is 11.3 Å². The van der Waals surface area contributed by atoms with Crippen molar-refractivity contribution in [2.75, 3.05) is 31.2 Å². The molecule has 1 rings (SSSR count). The predicted molar refractivity (Wildman–Crippen MR) is 69.1 cm³/mol. The zero-order valence-corrected chi connectivity index (χ0v) is 11.1. The third kappa shape index (κ3) is 3.73. The van der Waals surface area contributed by atoms with Crippen LogP contribution in [0.25, 0.3) is 0 Å². The van der Waals surface area contributed by atoms with Crippen molar-refractivity contribution in [3.05, 3.63) is 11.1 Å². The monoisotopic (exact) mass is 243 g/mol. The van der Waals surface area contributed by atoms with E-state index in [1.165, 1.54) is 0 Å². The molecule has 0 fully saturated rings. The Kier molecular flexibility index (Phi) is 5.73. The van der Waals surface area contributed by atoms with Crippen LogP contribution in [0.5, 0.6) is 0 Å². The molecule has 0 aromatic carbocycles. The number of rotatable bonds is 7. The van der Waals surface area contributed by atoms with Crippen LogP contribution in [-0.4, -0.2) is 31.3 Å². The van der Waals surface area contributed by atoms with E-state index in [-0.39, 0.29) is 6.04 Å². The van der Waals surface area contributed by atoms with Gasteiger partial charge < -0.3 is 15.4 Å². The first-order valence-corrected chi connectivity index (χ1v) is 6.54. The maximum Gasteiger partial charge on any atom is 0.185 e. The minimum atomic E-state index is 0.0665. The van der Waals surface area contributed by atoms with Crippen LogP contribution < -0.4 is 10.6 Å². The van der Waals surface area contributed by atoms with Gasteiger partial charge in [-0.3, -0.25) is 0 Å². The number of nitrogens with two attached hydrogens (primary N) is 1. The summed E-state index contributed by atoms with van der Waals surface area (Å²) in [4.78, 5) is 7.74. The van der Waals surface area contributed by atoms with Crippen LogP contribution in [0, 0.1) is 0 Å². The van der Waals surface area contributed by atoms with Gasteiger partial charge in [0.25, 0.3) is 0 Å². The first kappa shape index (κ1) is 13.4. The number of nitrogens with zero attached hydrogens (tertiary/aromatic N) is 2. The standard InChI is InChI=1S/C11H21N3OS/c1-4-14(6-7-15-5-2)11-13-8-10(16-11)9(3)12/h8-9H,4-7,12H2,1-3H3. The minimum absolute atomic E-state index is 0.0665. The minimum Gasteiger partial charge on any atom is -0.380 e. The molecule has 2 N–H and O–H groups in total. The van der Waals surface area contributed by atoms with Crippen molar-refractivity contribution >= 4 is 16.5 Å². The third-order valence-electron chi connectivity index (χ3n) is 2.32. The van der Waals surface area contributed by atoms with Crippen LogP contribution in [0.4, 0.5) is 5.13 Å². The highest BCUT2D eigenvalue weighted by atomic mass is 32.1.